The van der Waals surface area contributed by atoms with Gasteiger partial charge in [-0.05, 0) is 61.5 Å². The number of nitrogens with one attached hydrogen (secondary N) is 1. The fourth-order valence-electron chi connectivity index (χ4n) is 3.36. The van der Waals surface area contributed by atoms with E-state index in [9.17, 15) is 18.8 Å². The molecular weight excluding hydrogens is 446 g/mol. The van der Waals surface area contributed by atoms with Crippen LogP contribution >= 0.6 is 11.6 Å². The Hall–Kier alpha value is -3.34. The molecule has 0 atom stereocenters. The third kappa shape index (κ3) is 6.13. The minimum Gasteiger partial charge on any atom is -0.354 e. The van der Waals surface area contributed by atoms with Gasteiger partial charge in [0.25, 0.3) is 0 Å². The molecule has 5 nitrogen and oxygen atoms in total. The first-order valence-corrected chi connectivity index (χ1v) is 10.7. The van der Waals surface area contributed by atoms with Crippen molar-refractivity contribution in [1.82, 2.24) is 9.88 Å². The predicted molar refractivity (Wildman–Crippen MR) is 127 cm³/mol. The van der Waals surface area contributed by atoms with Crippen molar-refractivity contribution < 1.29 is 13.6 Å². The number of ketones is 1. The van der Waals surface area contributed by atoms with E-state index in [1.54, 1.807) is 18.0 Å². The van der Waals surface area contributed by atoms with Crippen LogP contribution in [-0.2, 0) is 11.2 Å². The van der Waals surface area contributed by atoms with Crippen molar-refractivity contribution in [3.05, 3.63) is 76.2 Å². The van der Waals surface area contributed by atoms with Gasteiger partial charge in [0, 0.05) is 36.8 Å². The number of aryl methyl sites for hydroxylation is 1. The predicted octanol–water partition coefficient (Wildman–Crippen LogP) is 5.52. The molecule has 1 heterocycles. The van der Waals surface area contributed by atoms with Crippen molar-refractivity contribution in [2.24, 2.45) is 0 Å². The summed E-state index contributed by atoms with van der Waals surface area (Å²) in [7, 11) is 1.78. The summed E-state index contributed by atoms with van der Waals surface area (Å²) in [5.41, 5.74) is 3.67. The largest absolute Gasteiger partial charge is 0.354 e. The summed E-state index contributed by atoms with van der Waals surface area (Å²) >= 11 is 5.90. The highest BCUT2D eigenvalue weighted by molar-refractivity contribution is 6.31. The van der Waals surface area contributed by atoms with E-state index in [-0.39, 0.29) is 17.2 Å². The maximum atomic E-state index is 13.5. The molecule has 33 heavy (non-hydrogen) atoms. The minimum atomic E-state index is -0.539. The Kier molecular flexibility index (Phi) is 8.10. The average Bonchev–Trinajstić information content (AvgIpc) is 2.77. The van der Waals surface area contributed by atoms with Gasteiger partial charge in [-0.3, -0.25) is 9.78 Å². The van der Waals surface area contributed by atoms with Crippen molar-refractivity contribution >= 4 is 39.7 Å². The molecule has 1 N–H and O–H groups in total. The topological polar surface area (TPSA) is 69.0 Å². The lowest BCUT2D eigenvalue weighted by Crippen LogP contribution is -2.20. The molecule has 0 bridgehead atoms. The standard InChI is InChI=1S/C25H23ClF2N4O/c1-16-10-24-21(12-17(16)11-20(33)4-3-8-32(2)9-7-27)25(18(14-29)15-30-24)31-19-5-6-23(28)22(26)13-19/h3-6,10,12-13,15H,7-9,11H2,1-2H3,(H,30,31)/b4-3+. The van der Waals surface area contributed by atoms with Gasteiger partial charge in [0.1, 0.15) is 18.6 Å². The quantitative estimate of drug-likeness (QED) is 0.419. The Labute approximate surface area is 196 Å². The number of hydrogen-bond acceptors (Lipinski definition) is 5. The first-order chi connectivity index (χ1) is 15.8. The van der Waals surface area contributed by atoms with Crippen LogP contribution in [0.25, 0.3) is 10.9 Å². The van der Waals surface area contributed by atoms with Gasteiger partial charge >= 0.3 is 0 Å². The van der Waals surface area contributed by atoms with Crippen LogP contribution < -0.4 is 5.32 Å². The van der Waals surface area contributed by atoms with Crippen molar-refractivity contribution in [3.8, 4) is 6.07 Å². The summed E-state index contributed by atoms with van der Waals surface area (Å²) in [5, 5.41) is 13.4. The summed E-state index contributed by atoms with van der Waals surface area (Å²) in [4.78, 5) is 18.6. The summed E-state index contributed by atoms with van der Waals surface area (Å²) in [6.07, 6.45) is 4.86. The number of carbonyl (C=O) groups excluding carboxylic acids is 1. The number of benzene rings is 2. The van der Waals surface area contributed by atoms with Crippen LogP contribution in [0.1, 0.15) is 16.7 Å². The van der Waals surface area contributed by atoms with Crippen molar-refractivity contribution in [2.75, 3.05) is 32.1 Å². The Balaban J connectivity index is 1.93. The number of alkyl halides is 1. The smallest absolute Gasteiger partial charge is 0.159 e. The number of fused-ring (bicyclic) bond motifs is 1. The molecule has 170 valence electrons. The molecule has 0 aliphatic heterocycles. The zero-order valence-electron chi connectivity index (χ0n) is 18.3. The second-order valence-corrected chi connectivity index (χ2v) is 8.11. The van der Waals surface area contributed by atoms with Crippen molar-refractivity contribution in [1.29, 1.82) is 5.26 Å². The van der Waals surface area contributed by atoms with Gasteiger partial charge in [-0.15, -0.1) is 0 Å². The van der Waals surface area contributed by atoms with E-state index in [2.05, 4.69) is 16.4 Å². The Morgan fingerprint density at radius 3 is 2.82 bits per heavy atom. The molecule has 1 aromatic heterocycles. The number of aromatic nitrogens is 1. The lowest BCUT2D eigenvalue weighted by Gasteiger charge is -2.14. The highest BCUT2D eigenvalue weighted by atomic mass is 35.5. The van der Waals surface area contributed by atoms with E-state index < -0.39 is 12.5 Å². The minimum absolute atomic E-state index is 0.0389. The van der Waals surface area contributed by atoms with E-state index >= 15 is 0 Å². The molecule has 3 aromatic rings. The normalized spacial score (nSPS) is 11.3. The molecular formula is C25H23ClF2N4O. The molecule has 8 heteroatoms. The molecule has 0 saturated heterocycles. The third-order valence-electron chi connectivity index (χ3n) is 5.19. The highest BCUT2D eigenvalue weighted by Gasteiger charge is 2.14. The Morgan fingerprint density at radius 2 is 2.12 bits per heavy atom. The fourth-order valence-corrected chi connectivity index (χ4v) is 3.54. The van der Waals surface area contributed by atoms with Gasteiger partial charge in [0.05, 0.1) is 21.8 Å². The van der Waals surface area contributed by atoms with Crippen LogP contribution in [0, 0.1) is 24.1 Å². The average molecular weight is 469 g/mol. The molecule has 0 aliphatic carbocycles. The maximum absolute atomic E-state index is 13.5. The van der Waals surface area contributed by atoms with E-state index in [0.29, 0.717) is 40.9 Å². The number of anilines is 2. The number of nitrogens with zero attached hydrogens (tertiary/aromatic N) is 3. The SMILES string of the molecule is Cc1cc2ncc(C#N)c(Nc3ccc(F)c(Cl)c3)c2cc1CC(=O)/C=C/CN(C)CCF. The number of pyridine rings is 1. The van der Waals surface area contributed by atoms with Crippen LogP contribution in [0.4, 0.5) is 20.2 Å². The second-order valence-electron chi connectivity index (χ2n) is 7.71. The number of rotatable bonds is 9. The van der Waals surface area contributed by atoms with Gasteiger partial charge in [0.2, 0.25) is 0 Å². The van der Waals surface area contributed by atoms with Gasteiger partial charge in [0.15, 0.2) is 5.78 Å². The zero-order valence-corrected chi connectivity index (χ0v) is 19.1. The molecule has 0 spiro atoms. The van der Waals surface area contributed by atoms with Crippen LogP contribution in [0.15, 0.2) is 48.7 Å². The first-order valence-electron chi connectivity index (χ1n) is 10.3. The molecule has 3 rings (SSSR count). The van der Waals surface area contributed by atoms with Gasteiger partial charge in [-0.2, -0.15) is 5.26 Å². The van der Waals surface area contributed by atoms with Crippen LogP contribution in [0.2, 0.25) is 5.02 Å². The number of carbonyl (C=O) groups is 1. The van der Waals surface area contributed by atoms with E-state index in [1.807, 2.05) is 19.1 Å². The summed E-state index contributed by atoms with van der Waals surface area (Å²) in [5.74, 6) is -0.627. The molecule has 0 aliphatic rings. The molecule has 0 radical (unpaired) electrons. The van der Waals surface area contributed by atoms with E-state index in [1.165, 1.54) is 30.5 Å². The monoisotopic (exact) mass is 468 g/mol. The van der Waals surface area contributed by atoms with Crippen molar-refractivity contribution in [2.45, 2.75) is 13.3 Å². The summed E-state index contributed by atoms with van der Waals surface area (Å²) < 4.78 is 25.9. The third-order valence-corrected chi connectivity index (χ3v) is 5.48. The molecule has 0 unspecified atom stereocenters. The molecule has 0 fully saturated rings. The first kappa shape index (κ1) is 24.3. The van der Waals surface area contributed by atoms with Gasteiger partial charge < -0.3 is 10.2 Å². The fraction of sp³-hybridized carbons (Fsp3) is 0.240. The Morgan fingerprint density at radius 1 is 1.33 bits per heavy atom. The van der Waals surface area contributed by atoms with Crippen LogP contribution in [0.3, 0.4) is 0 Å². The van der Waals surface area contributed by atoms with Gasteiger partial charge in [-0.25, -0.2) is 8.78 Å². The highest BCUT2D eigenvalue weighted by Crippen LogP contribution is 2.32. The number of nitriles is 1. The number of likely N-dealkylation sites (N-methyl/N-ethyl adjacent to an activating group) is 1. The summed E-state index contributed by atoms with van der Waals surface area (Å²) in [6.45, 7) is 2.25. The van der Waals surface area contributed by atoms with Crippen LogP contribution in [0.5, 0.6) is 0 Å². The Bertz CT molecular complexity index is 1250. The van der Waals surface area contributed by atoms with Gasteiger partial charge in [-0.1, -0.05) is 17.7 Å². The van der Waals surface area contributed by atoms with E-state index in [4.69, 9.17) is 11.6 Å². The second kappa shape index (κ2) is 11.0. The maximum Gasteiger partial charge on any atom is 0.159 e. The van der Waals surface area contributed by atoms with Crippen LogP contribution in [-0.4, -0.2) is 42.5 Å². The molecule has 2 aromatic carbocycles. The van der Waals surface area contributed by atoms with Crippen molar-refractivity contribution in [3.63, 3.8) is 0 Å². The molecule has 0 amide bonds. The zero-order chi connectivity index (χ0) is 24.0. The number of halogens is 3. The lowest BCUT2D eigenvalue weighted by molar-refractivity contribution is -0.114. The number of allylic oxidation sites excluding steroid dienone is 1. The number of hydrogen-bond donors (Lipinski definition) is 1. The molecule has 0 saturated carbocycles. The lowest BCUT2D eigenvalue weighted by atomic mass is 9.98. The summed E-state index contributed by atoms with van der Waals surface area (Å²) in [6, 6.07) is 10.0. The van der Waals surface area contributed by atoms with E-state index in [0.717, 1.165) is 11.1 Å².